The van der Waals surface area contributed by atoms with E-state index in [4.69, 9.17) is 34.0 Å². The first-order valence-electron chi connectivity index (χ1n) is 11.1. The lowest BCUT2D eigenvalue weighted by Gasteiger charge is -2.37. The SMILES string of the molecule is COc1ccc(F)cc1CN1CCN(C(C)C(=O)Nc2ccc3c(c2)OCO3)CC1.O=C(O)C(=O)O. The number of aliphatic carboxylic acids is 2. The van der Waals surface area contributed by atoms with Gasteiger partial charge in [-0.2, -0.15) is 0 Å². The molecule has 0 aromatic heterocycles. The number of amides is 1. The molecule has 2 heterocycles. The first-order chi connectivity index (χ1) is 17.2. The highest BCUT2D eigenvalue weighted by Crippen LogP contribution is 2.34. The molecule has 0 spiro atoms. The van der Waals surface area contributed by atoms with E-state index in [1.807, 2.05) is 13.0 Å². The van der Waals surface area contributed by atoms with Crippen LogP contribution in [0.2, 0.25) is 0 Å². The Morgan fingerprint density at radius 1 is 1.03 bits per heavy atom. The maximum Gasteiger partial charge on any atom is 0.414 e. The smallest absolute Gasteiger partial charge is 0.414 e. The summed E-state index contributed by atoms with van der Waals surface area (Å²) in [5, 5.41) is 17.7. The topological polar surface area (TPSA) is 138 Å². The fourth-order valence-corrected chi connectivity index (χ4v) is 3.81. The lowest BCUT2D eigenvalue weighted by molar-refractivity contribution is -0.159. The molecule has 2 aromatic rings. The number of carbonyl (C=O) groups excluding carboxylic acids is 1. The molecule has 12 heteroatoms. The van der Waals surface area contributed by atoms with Crippen molar-refractivity contribution in [2.45, 2.75) is 19.5 Å². The van der Waals surface area contributed by atoms with Crippen LogP contribution < -0.4 is 19.5 Å². The Morgan fingerprint density at radius 2 is 1.69 bits per heavy atom. The molecule has 1 amide bonds. The molecular weight excluding hydrogens is 477 g/mol. The van der Waals surface area contributed by atoms with Crippen LogP contribution in [-0.2, 0) is 20.9 Å². The fraction of sp³-hybridized carbons (Fsp3) is 0.375. The molecule has 1 atom stereocenters. The minimum atomic E-state index is -1.82. The van der Waals surface area contributed by atoms with Gasteiger partial charge in [-0.3, -0.25) is 14.6 Å². The van der Waals surface area contributed by atoms with Gasteiger partial charge in [0.1, 0.15) is 11.6 Å². The largest absolute Gasteiger partial charge is 0.496 e. The molecule has 1 fully saturated rings. The van der Waals surface area contributed by atoms with Gasteiger partial charge in [0.25, 0.3) is 0 Å². The lowest BCUT2D eigenvalue weighted by atomic mass is 10.1. The van der Waals surface area contributed by atoms with E-state index >= 15 is 0 Å². The number of carbonyl (C=O) groups is 3. The molecule has 3 N–H and O–H groups in total. The molecule has 2 aromatic carbocycles. The van der Waals surface area contributed by atoms with Gasteiger partial charge in [-0.15, -0.1) is 0 Å². The van der Waals surface area contributed by atoms with Crippen LogP contribution in [0.25, 0.3) is 0 Å². The minimum absolute atomic E-state index is 0.0610. The molecule has 0 saturated carbocycles. The molecular formula is C24H28FN3O8. The third kappa shape index (κ3) is 7.06. The average molecular weight is 505 g/mol. The zero-order valence-electron chi connectivity index (χ0n) is 19.9. The summed E-state index contributed by atoms with van der Waals surface area (Å²) in [7, 11) is 1.59. The number of nitrogens with one attached hydrogen (secondary N) is 1. The summed E-state index contributed by atoms with van der Waals surface area (Å²) < 4.78 is 29.6. The second kappa shape index (κ2) is 12.2. The summed E-state index contributed by atoms with van der Waals surface area (Å²) in [6.45, 7) is 5.83. The molecule has 0 bridgehead atoms. The van der Waals surface area contributed by atoms with Gasteiger partial charge in [0, 0.05) is 50.0 Å². The molecule has 1 saturated heterocycles. The monoisotopic (exact) mass is 505 g/mol. The van der Waals surface area contributed by atoms with Gasteiger partial charge in [-0.1, -0.05) is 0 Å². The number of halogens is 1. The maximum absolute atomic E-state index is 13.6. The maximum atomic E-state index is 13.6. The van der Waals surface area contributed by atoms with E-state index in [0.717, 1.165) is 31.7 Å². The summed E-state index contributed by atoms with van der Waals surface area (Å²) in [4.78, 5) is 35.3. The van der Waals surface area contributed by atoms with Crippen LogP contribution in [0.1, 0.15) is 12.5 Å². The van der Waals surface area contributed by atoms with E-state index in [1.165, 1.54) is 12.1 Å². The average Bonchev–Trinajstić information content (AvgIpc) is 3.32. The van der Waals surface area contributed by atoms with Crippen molar-refractivity contribution >= 4 is 23.5 Å². The number of carboxylic acids is 2. The van der Waals surface area contributed by atoms with Crippen molar-refractivity contribution in [3.8, 4) is 17.2 Å². The second-order valence-corrected chi connectivity index (χ2v) is 8.11. The van der Waals surface area contributed by atoms with E-state index in [2.05, 4.69) is 15.1 Å². The Morgan fingerprint density at radius 3 is 2.33 bits per heavy atom. The molecule has 11 nitrogen and oxygen atoms in total. The predicted molar refractivity (Wildman–Crippen MR) is 126 cm³/mol. The van der Waals surface area contributed by atoms with E-state index in [0.29, 0.717) is 29.5 Å². The van der Waals surface area contributed by atoms with Crippen LogP contribution in [0.4, 0.5) is 10.1 Å². The highest BCUT2D eigenvalue weighted by molar-refractivity contribution is 6.27. The summed E-state index contributed by atoms with van der Waals surface area (Å²) in [5.41, 5.74) is 1.52. The van der Waals surface area contributed by atoms with Crippen molar-refractivity contribution in [1.29, 1.82) is 0 Å². The summed E-state index contributed by atoms with van der Waals surface area (Å²) >= 11 is 0. The van der Waals surface area contributed by atoms with Gasteiger partial charge < -0.3 is 29.7 Å². The highest BCUT2D eigenvalue weighted by Gasteiger charge is 2.26. The van der Waals surface area contributed by atoms with Gasteiger partial charge in [-0.25, -0.2) is 14.0 Å². The normalized spacial score (nSPS) is 15.9. The summed E-state index contributed by atoms with van der Waals surface area (Å²) in [6.07, 6.45) is 0. The van der Waals surface area contributed by atoms with Gasteiger partial charge in [-0.05, 0) is 37.3 Å². The van der Waals surface area contributed by atoms with Crippen molar-refractivity contribution in [2.75, 3.05) is 45.4 Å². The van der Waals surface area contributed by atoms with Crippen molar-refractivity contribution in [3.05, 3.63) is 47.8 Å². The minimum Gasteiger partial charge on any atom is -0.496 e. The number of ether oxygens (including phenoxy) is 3. The van der Waals surface area contributed by atoms with E-state index in [1.54, 1.807) is 25.3 Å². The fourth-order valence-electron chi connectivity index (χ4n) is 3.81. The molecule has 0 radical (unpaired) electrons. The van der Waals surface area contributed by atoms with Gasteiger partial charge in [0.05, 0.1) is 13.2 Å². The second-order valence-electron chi connectivity index (χ2n) is 8.11. The number of fused-ring (bicyclic) bond motifs is 1. The van der Waals surface area contributed by atoms with Crippen molar-refractivity contribution in [3.63, 3.8) is 0 Å². The van der Waals surface area contributed by atoms with Crippen LogP contribution in [0.3, 0.4) is 0 Å². The number of rotatable bonds is 6. The number of carboxylic acid groups (broad SMARTS) is 2. The molecule has 2 aliphatic heterocycles. The molecule has 36 heavy (non-hydrogen) atoms. The van der Waals surface area contributed by atoms with Crippen LogP contribution in [0.5, 0.6) is 17.2 Å². The van der Waals surface area contributed by atoms with Crippen molar-refractivity contribution in [1.82, 2.24) is 9.80 Å². The number of piperazine rings is 1. The molecule has 0 aliphatic carbocycles. The first kappa shape index (κ1) is 26.7. The van der Waals surface area contributed by atoms with Crippen molar-refractivity contribution in [2.24, 2.45) is 0 Å². The zero-order chi connectivity index (χ0) is 26.2. The Balaban J connectivity index is 0.000000538. The zero-order valence-corrected chi connectivity index (χ0v) is 19.9. The Labute approximate surface area is 207 Å². The number of anilines is 1. The lowest BCUT2D eigenvalue weighted by Crippen LogP contribution is -2.52. The number of methoxy groups -OCH3 is 1. The highest BCUT2D eigenvalue weighted by atomic mass is 19.1. The van der Waals surface area contributed by atoms with E-state index in [9.17, 15) is 9.18 Å². The number of benzene rings is 2. The first-order valence-corrected chi connectivity index (χ1v) is 11.1. The predicted octanol–water partition coefficient (Wildman–Crippen LogP) is 1.86. The van der Waals surface area contributed by atoms with Crippen LogP contribution >= 0.6 is 0 Å². The van der Waals surface area contributed by atoms with Gasteiger partial charge >= 0.3 is 11.9 Å². The molecule has 2 aliphatic rings. The van der Waals surface area contributed by atoms with Crippen LogP contribution in [0.15, 0.2) is 36.4 Å². The molecule has 1 unspecified atom stereocenters. The van der Waals surface area contributed by atoms with E-state index in [-0.39, 0.29) is 24.6 Å². The Kier molecular flexibility index (Phi) is 9.03. The van der Waals surface area contributed by atoms with Gasteiger partial charge in [0.15, 0.2) is 11.5 Å². The Hall–Kier alpha value is -3.90. The quantitative estimate of drug-likeness (QED) is 0.499. The van der Waals surface area contributed by atoms with E-state index < -0.39 is 11.9 Å². The summed E-state index contributed by atoms with van der Waals surface area (Å²) in [5.74, 6) is -1.96. The number of hydrogen-bond donors (Lipinski definition) is 3. The van der Waals surface area contributed by atoms with Crippen LogP contribution in [0, 0.1) is 5.82 Å². The number of hydrogen-bond acceptors (Lipinski definition) is 8. The van der Waals surface area contributed by atoms with Gasteiger partial charge in [0.2, 0.25) is 12.7 Å². The molecule has 4 rings (SSSR count). The Bertz CT molecular complexity index is 1090. The third-order valence-corrected chi connectivity index (χ3v) is 5.79. The van der Waals surface area contributed by atoms with Crippen molar-refractivity contribution < 1.29 is 43.2 Å². The summed E-state index contributed by atoms with van der Waals surface area (Å²) in [6, 6.07) is 9.69. The van der Waals surface area contributed by atoms with Crippen LogP contribution in [-0.4, -0.2) is 84.0 Å². The standard InChI is InChI=1S/C22H26FN3O4.C2H2O4/c1-15(22(27)24-18-4-6-20-21(12-18)30-14-29-20)26-9-7-25(8-10-26)13-16-11-17(23)3-5-19(16)28-2;3-1(4)2(5)6/h3-6,11-12,15H,7-10,13-14H2,1-2H3,(H,24,27);(H,3,4)(H,5,6). The number of nitrogens with zero attached hydrogens (tertiary/aromatic N) is 2. The third-order valence-electron chi connectivity index (χ3n) is 5.79. The molecule has 194 valence electrons.